The van der Waals surface area contributed by atoms with Crippen molar-refractivity contribution in [2.24, 2.45) is 0 Å². The topological polar surface area (TPSA) is 12.5 Å². The van der Waals surface area contributed by atoms with E-state index in [0.717, 1.165) is 5.57 Å². The second-order valence-corrected chi connectivity index (χ2v) is 2.80. The van der Waals surface area contributed by atoms with E-state index >= 15 is 0 Å². The molecule has 0 N–H and O–H groups in total. The molecule has 1 aliphatic carbocycles. The Morgan fingerprint density at radius 1 is 1.55 bits per heavy atom. The fourth-order valence-electron chi connectivity index (χ4n) is 1.31. The van der Waals surface area contributed by atoms with Crippen molar-refractivity contribution in [2.75, 3.05) is 0 Å². The molecule has 1 saturated heterocycles. The summed E-state index contributed by atoms with van der Waals surface area (Å²) in [6.07, 6.45) is 9.97. The van der Waals surface area contributed by atoms with E-state index in [9.17, 15) is 0 Å². The highest BCUT2D eigenvalue weighted by molar-refractivity contribution is 5.45. The Bertz CT molecular complexity index is 273. The van der Waals surface area contributed by atoms with E-state index in [1.165, 1.54) is 0 Å². The minimum absolute atomic E-state index is 0.174. The van der Waals surface area contributed by atoms with Gasteiger partial charge in [0.15, 0.2) is 0 Å². The first kappa shape index (κ1) is 6.62. The summed E-state index contributed by atoms with van der Waals surface area (Å²) in [6, 6.07) is 0. The minimum atomic E-state index is -0.174. The highest BCUT2D eigenvalue weighted by atomic mass is 16.6. The summed E-state index contributed by atoms with van der Waals surface area (Å²) in [5.41, 5.74) is 0.956. The molecule has 56 valence electrons. The van der Waals surface area contributed by atoms with Crippen LogP contribution < -0.4 is 0 Å². The molecule has 0 aromatic carbocycles. The van der Waals surface area contributed by atoms with Gasteiger partial charge < -0.3 is 4.74 Å². The Labute approximate surface area is 66.4 Å². The quantitative estimate of drug-likeness (QED) is 0.428. The van der Waals surface area contributed by atoms with Crippen LogP contribution in [-0.4, -0.2) is 11.7 Å². The van der Waals surface area contributed by atoms with Gasteiger partial charge in [-0.05, 0) is 17.7 Å². The summed E-state index contributed by atoms with van der Waals surface area (Å²) in [4.78, 5) is 0. The van der Waals surface area contributed by atoms with Crippen molar-refractivity contribution >= 4 is 0 Å². The summed E-state index contributed by atoms with van der Waals surface area (Å²) in [6.45, 7) is 7.40. The molecule has 0 bridgehead atoms. The van der Waals surface area contributed by atoms with Crippen LogP contribution in [0.5, 0.6) is 0 Å². The molecule has 1 nitrogen and oxygen atoms in total. The number of hydrogen-bond donors (Lipinski definition) is 0. The van der Waals surface area contributed by atoms with Gasteiger partial charge in [0.25, 0.3) is 0 Å². The average molecular weight is 146 g/mol. The highest BCUT2D eigenvalue weighted by Gasteiger charge is 2.51. The second kappa shape index (κ2) is 1.95. The maximum atomic E-state index is 5.42. The second-order valence-electron chi connectivity index (χ2n) is 2.80. The zero-order valence-corrected chi connectivity index (χ0v) is 6.29. The zero-order valence-electron chi connectivity index (χ0n) is 6.29. The van der Waals surface area contributed by atoms with Crippen molar-refractivity contribution in [3.05, 3.63) is 49.1 Å². The smallest absolute Gasteiger partial charge is 0.135 e. The molecular formula is C10H10O. The number of fused-ring (bicyclic) bond motifs is 1. The van der Waals surface area contributed by atoms with Crippen LogP contribution in [0.3, 0.4) is 0 Å². The van der Waals surface area contributed by atoms with Crippen LogP contribution in [0.2, 0.25) is 0 Å². The lowest BCUT2D eigenvalue weighted by Gasteiger charge is -2.03. The monoisotopic (exact) mass is 146 g/mol. The maximum absolute atomic E-state index is 5.42. The Balaban J connectivity index is 2.27. The molecule has 1 aliphatic heterocycles. The maximum Gasteiger partial charge on any atom is 0.135 e. The lowest BCUT2D eigenvalue weighted by molar-refractivity contribution is 0.377. The third kappa shape index (κ3) is 0.813. The molecule has 2 unspecified atom stereocenters. The summed E-state index contributed by atoms with van der Waals surface area (Å²) in [5, 5.41) is 0. The molecule has 0 aromatic heterocycles. The predicted molar refractivity (Wildman–Crippen MR) is 45.2 cm³/mol. The van der Waals surface area contributed by atoms with Crippen LogP contribution in [-0.2, 0) is 4.74 Å². The highest BCUT2D eigenvalue weighted by Crippen LogP contribution is 2.43. The number of epoxide rings is 1. The van der Waals surface area contributed by atoms with Crippen LogP contribution in [0, 0.1) is 0 Å². The standard InChI is InChI=1S/C10H10O/c1-3-8-5-6-10(4-2)9(7-8)11-10/h3-7,9H,1-2H2. The van der Waals surface area contributed by atoms with Gasteiger partial charge in [0.1, 0.15) is 11.7 Å². The Hall–Kier alpha value is -1.08. The molecule has 0 spiro atoms. The fraction of sp³-hybridized carbons (Fsp3) is 0.200. The number of ether oxygens (including phenoxy) is 1. The molecule has 1 fully saturated rings. The van der Waals surface area contributed by atoms with Gasteiger partial charge in [-0.25, -0.2) is 0 Å². The van der Waals surface area contributed by atoms with Crippen LogP contribution in [0.25, 0.3) is 0 Å². The third-order valence-electron chi connectivity index (χ3n) is 2.15. The molecule has 1 heterocycles. The number of rotatable bonds is 2. The van der Waals surface area contributed by atoms with Crippen LogP contribution >= 0.6 is 0 Å². The molecule has 1 heteroatoms. The van der Waals surface area contributed by atoms with Gasteiger partial charge in [0, 0.05) is 0 Å². The summed E-state index contributed by atoms with van der Waals surface area (Å²) in [7, 11) is 0. The minimum Gasteiger partial charge on any atom is -0.353 e. The van der Waals surface area contributed by atoms with Crippen LogP contribution in [0.1, 0.15) is 0 Å². The molecule has 0 saturated carbocycles. The molecular weight excluding hydrogens is 136 g/mol. The van der Waals surface area contributed by atoms with Crippen molar-refractivity contribution in [3.8, 4) is 0 Å². The van der Waals surface area contributed by atoms with E-state index < -0.39 is 0 Å². The van der Waals surface area contributed by atoms with E-state index in [4.69, 9.17) is 4.74 Å². The largest absolute Gasteiger partial charge is 0.353 e. The van der Waals surface area contributed by atoms with E-state index in [0.29, 0.717) is 0 Å². The lowest BCUT2D eigenvalue weighted by Crippen LogP contribution is -2.08. The van der Waals surface area contributed by atoms with Crippen molar-refractivity contribution in [1.82, 2.24) is 0 Å². The van der Waals surface area contributed by atoms with Crippen LogP contribution in [0.4, 0.5) is 0 Å². The van der Waals surface area contributed by atoms with E-state index in [2.05, 4.69) is 19.2 Å². The SMILES string of the molecule is C=CC1=CC2OC2(C=C)C=C1. The molecule has 0 aromatic rings. The van der Waals surface area contributed by atoms with E-state index in [1.807, 2.05) is 24.3 Å². The third-order valence-corrected chi connectivity index (χ3v) is 2.15. The van der Waals surface area contributed by atoms with E-state index in [1.54, 1.807) is 0 Å². The molecule has 0 radical (unpaired) electrons. The van der Waals surface area contributed by atoms with Gasteiger partial charge in [-0.2, -0.15) is 0 Å². The zero-order chi connectivity index (χ0) is 7.90. The first-order valence-electron chi connectivity index (χ1n) is 3.66. The van der Waals surface area contributed by atoms with Crippen molar-refractivity contribution in [2.45, 2.75) is 11.7 Å². The first-order valence-corrected chi connectivity index (χ1v) is 3.66. The van der Waals surface area contributed by atoms with Gasteiger partial charge >= 0.3 is 0 Å². The van der Waals surface area contributed by atoms with Crippen molar-refractivity contribution in [1.29, 1.82) is 0 Å². The van der Waals surface area contributed by atoms with Gasteiger partial charge in [-0.1, -0.05) is 31.4 Å². The molecule has 0 amide bonds. The molecule has 2 atom stereocenters. The molecule has 2 aliphatic rings. The summed E-state index contributed by atoms with van der Waals surface area (Å²) < 4.78 is 5.42. The van der Waals surface area contributed by atoms with Gasteiger partial charge in [-0.3, -0.25) is 0 Å². The Morgan fingerprint density at radius 2 is 2.36 bits per heavy atom. The van der Waals surface area contributed by atoms with Gasteiger partial charge in [0.2, 0.25) is 0 Å². The summed E-state index contributed by atoms with van der Waals surface area (Å²) >= 11 is 0. The molecule has 11 heavy (non-hydrogen) atoms. The summed E-state index contributed by atoms with van der Waals surface area (Å²) in [5.74, 6) is 0. The lowest BCUT2D eigenvalue weighted by atomic mass is 9.97. The molecule has 2 rings (SSSR count). The Kier molecular flexibility index (Phi) is 1.18. The van der Waals surface area contributed by atoms with Gasteiger partial charge in [0.05, 0.1) is 0 Å². The number of hydrogen-bond acceptors (Lipinski definition) is 1. The Morgan fingerprint density at radius 3 is 2.91 bits per heavy atom. The average Bonchev–Trinajstić information content (AvgIpc) is 2.77. The first-order chi connectivity index (χ1) is 5.30. The van der Waals surface area contributed by atoms with Crippen molar-refractivity contribution < 1.29 is 4.74 Å². The predicted octanol–water partition coefficient (Wildman–Crippen LogP) is 1.99. The van der Waals surface area contributed by atoms with E-state index in [-0.39, 0.29) is 11.7 Å². The number of allylic oxidation sites excluding steroid dienone is 3. The van der Waals surface area contributed by atoms with Crippen molar-refractivity contribution in [3.63, 3.8) is 0 Å². The fourth-order valence-corrected chi connectivity index (χ4v) is 1.31. The van der Waals surface area contributed by atoms with Crippen LogP contribution in [0.15, 0.2) is 49.1 Å². The normalized spacial score (nSPS) is 38.9. The van der Waals surface area contributed by atoms with Gasteiger partial charge in [-0.15, -0.1) is 0 Å².